The largest absolute Gasteiger partial charge is 0.362 e. The molecule has 0 amide bonds. The second-order valence-electron chi connectivity index (χ2n) is 4.00. The number of carbonyl (C=O) groups excluding carboxylic acids is 1. The van der Waals surface area contributed by atoms with E-state index < -0.39 is 0 Å². The number of ether oxygens (including phenoxy) is 1. The number of rotatable bonds is 2. The highest BCUT2D eigenvalue weighted by molar-refractivity contribution is 5.88. The Morgan fingerprint density at radius 2 is 1.83 bits per heavy atom. The van der Waals surface area contributed by atoms with Crippen LogP contribution in [0.2, 0.25) is 0 Å². The van der Waals surface area contributed by atoms with Crippen LogP contribution in [0.3, 0.4) is 0 Å². The van der Waals surface area contributed by atoms with E-state index in [1.54, 1.807) is 0 Å². The number of hydrogen-bond donors (Lipinski definition) is 0. The van der Waals surface area contributed by atoms with Crippen molar-refractivity contribution in [1.29, 1.82) is 0 Å². The summed E-state index contributed by atoms with van der Waals surface area (Å²) in [6.07, 6.45) is 6.16. The van der Waals surface area contributed by atoms with Gasteiger partial charge in [-0.1, -0.05) is 19.3 Å². The van der Waals surface area contributed by atoms with Crippen molar-refractivity contribution in [3.8, 4) is 0 Å². The summed E-state index contributed by atoms with van der Waals surface area (Å²) in [6.45, 7) is 1.98. The third-order valence-corrected chi connectivity index (χ3v) is 3.00. The minimum atomic E-state index is -0.0342. The second-order valence-corrected chi connectivity index (χ2v) is 4.00. The van der Waals surface area contributed by atoms with E-state index in [0.29, 0.717) is 11.7 Å². The fraction of sp³-hybridized carbons (Fsp3) is 0.900. The monoisotopic (exact) mass is 168 g/mol. The third-order valence-electron chi connectivity index (χ3n) is 3.00. The molecular weight excluding hydrogens is 152 g/mol. The van der Waals surface area contributed by atoms with Crippen molar-refractivity contribution >= 4 is 5.78 Å². The zero-order valence-corrected chi connectivity index (χ0v) is 7.58. The van der Waals surface area contributed by atoms with Crippen LogP contribution in [-0.2, 0) is 9.53 Å². The van der Waals surface area contributed by atoms with Crippen LogP contribution in [0.25, 0.3) is 0 Å². The predicted octanol–water partition coefficient (Wildman–Crippen LogP) is 1.92. The molecule has 2 unspecified atom stereocenters. The molecule has 0 aromatic carbocycles. The van der Waals surface area contributed by atoms with E-state index in [1.807, 2.05) is 6.92 Å². The van der Waals surface area contributed by atoms with Crippen molar-refractivity contribution in [2.24, 2.45) is 5.92 Å². The first-order chi connectivity index (χ1) is 5.79. The van der Waals surface area contributed by atoms with Crippen LogP contribution < -0.4 is 0 Å². The average molecular weight is 168 g/mol. The van der Waals surface area contributed by atoms with Gasteiger partial charge in [-0.15, -0.1) is 0 Å². The van der Waals surface area contributed by atoms with Gasteiger partial charge in [0.2, 0.25) is 0 Å². The van der Waals surface area contributed by atoms with Gasteiger partial charge < -0.3 is 4.74 Å². The van der Waals surface area contributed by atoms with Crippen LogP contribution >= 0.6 is 0 Å². The van der Waals surface area contributed by atoms with Crippen LogP contribution in [0.4, 0.5) is 0 Å². The molecule has 1 aliphatic carbocycles. The number of carbonyl (C=O) groups is 1. The molecule has 2 nitrogen and oxygen atoms in total. The maximum atomic E-state index is 11.6. The lowest BCUT2D eigenvalue weighted by atomic mass is 9.85. The lowest BCUT2D eigenvalue weighted by Gasteiger charge is -2.19. The Hall–Kier alpha value is -0.370. The first-order valence-electron chi connectivity index (χ1n) is 4.98. The maximum absolute atomic E-state index is 11.6. The van der Waals surface area contributed by atoms with E-state index in [9.17, 15) is 4.79 Å². The molecule has 1 heterocycles. The Morgan fingerprint density at radius 3 is 2.33 bits per heavy atom. The van der Waals surface area contributed by atoms with Crippen LogP contribution in [0.15, 0.2) is 0 Å². The van der Waals surface area contributed by atoms with Crippen molar-refractivity contribution in [2.45, 2.75) is 51.2 Å². The molecule has 2 heteroatoms. The van der Waals surface area contributed by atoms with Crippen LogP contribution in [0.1, 0.15) is 39.0 Å². The molecule has 0 bridgehead atoms. The van der Waals surface area contributed by atoms with Gasteiger partial charge in [-0.3, -0.25) is 4.79 Å². The smallest absolute Gasteiger partial charge is 0.167 e. The number of hydrogen-bond acceptors (Lipinski definition) is 2. The number of epoxide rings is 1. The summed E-state index contributed by atoms with van der Waals surface area (Å²) < 4.78 is 5.18. The minimum Gasteiger partial charge on any atom is -0.362 e. The molecule has 0 aromatic rings. The molecule has 2 atom stereocenters. The molecule has 2 fully saturated rings. The fourth-order valence-corrected chi connectivity index (χ4v) is 2.10. The van der Waals surface area contributed by atoms with Crippen LogP contribution in [0.5, 0.6) is 0 Å². The molecule has 1 saturated carbocycles. The van der Waals surface area contributed by atoms with E-state index >= 15 is 0 Å². The summed E-state index contributed by atoms with van der Waals surface area (Å²) in [5.41, 5.74) is 0. The van der Waals surface area contributed by atoms with Crippen molar-refractivity contribution in [1.82, 2.24) is 0 Å². The Kier molecular flexibility index (Phi) is 2.18. The first kappa shape index (κ1) is 8.24. The van der Waals surface area contributed by atoms with Gasteiger partial charge in [-0.05, 0) is 19.8 Å². The van der Waals surface area contributed by atoms with Gasteiger partial charge in [-0.25, -0.2) is 0 Å². The average Bonchev–Trinajstić information content (AvgIpc) is 2.83. The Morgan fingerprint density at radius 1 is 1.25 bits per heavy atom. The van der Waals surface area contributed by atoms with Gasteiger partial charge in [0.25, 0.3) is 0 Å². The summed E-state index contributed by atoms with van der Waals surface area (Å²) in [5, 5.41) is 0. The zero-order valence-electron chi connectivity index (χ0n) is 7.58. The SMILES string of the molecule is CC1OC1C(=O)C1CCCCC1. The molecular formula is C10H16O2. The Balaban J connectivity index is 1.86. The molecule has 1 aliphatic heterocycles. The van der Waals surface area contributed by atoms with E-state index in [1.165, 1.54) is 19.3 Å². The fourth-order valence-electron chi connectivity index (χ4n) is 2.10. The Bertz CT molecular complexity index is 182. The second kappa shape index (κ2) is 3.17. The molecule has 0 aromatic heterocycles. The standard InChI is InChI=1S/C10H16O2/c1-7-10(12-7)9(11)8-5-3-2-4-6-8/h7-8,10H,2-6H2,1H3. The molecule has 2 rings (SSSR count). The quantitative estimate of drug-likeness (QED) is 0.589. The van der Waals surface area contributed by atoms with Gasteiger partial charge in [-0.2, -0.15) is 0 Å². The van der Waals surface area contributed by atoms with Crippen LogP contribution in [0, 0.1) is 5.92 Å². The number of Topliss-reactive ketones (excluding diaryl/α,β-unsaturated/α-hetero) is 1. The molecule has 68 valence electrons. The molecule has 0 spiro atoms. The molecule has 0 N–H and O–H groups in total. The Labute approximate surface area is 73.3 Å². The van der Waals surface area contributed by atoms with Gasteiger partial charge in [0, 0.05) is 5.92 Å². The van der Waals surface area contributed by atoms with E-state index in [4.69, 9.17) is 4.74 Å². The van der Waals surface area contributed by atoms with Gasteiger partial charge in [0.1, 0.15) is 6.10 Å². The van der Waals surface area contributed by atoms with Gasteiger partial charge >= 0.3 is 0 Å². The maximum Gasteiger partial charge on any atom is 0.167 e. The minimum absolute atomic E-state index is 0.0342. The first-order valence-corrected chi connectivity index (χ1v) is 4.98. The topological polar surface area (TPSA) is 29.6 Å². The van der Waals surface area contributed by atoms with Crippen molar-refractivity contribution in [3.05, 3.63) is 0 Å². The van der Waals surface area contributed by atoms with Gasteiger partial charge in [0.05, 0.1) is 6.10 Å². The summed E-state index contributed by atoms with van der Waals surface area (Å²) >= 11 is 0. The van der Waals surface area contributed by atoms with E-state index in [-0.39, 0.29) is 12.2 Å². The normalized spacial score (nSPS) is 36.4. The van der Waals surface area contributed by atoms with Crippen molar-refractivity contribution in [2.75, 3.05) is 0 Å². The van der Waals surface area contributed by atoms with E-state index in [2.05, 4.69) is 0 Å². The molecule has 0 radical (unpaired) electrons. The van der Waals surface area contributed by atoms with Gasteiger partial charge in [0.15, 0.2) is 5.78 Å². The molecule has 2 aliphatic rings. The third kappa shape index (κ3) is 1.53. The highest BCUT2D eigenvalue weighted by Crippen LogP contribution is 2.31. The molecule has 1 saturated heterocycles. The predicted molar refractivity (Wildman–Crippen MR) is 45.9 cm³/mol. The highest BCUT2D eigenvalue weighted by atomic mass is 16.6. The van der Waals surface area contributed by atoms with Crippen molar-refractivity contribution in [3.63, 3.8) is 0 Å². The summed E-state index contributed by atoms with van der Waals surface area (Å²) in [6, 6.07) is 0. The lowest BCUT2D eigenvalue weighted by molar-refractivity contribution is -0.125. The van der Waals surface area contributed by atoms with Crippen molar-refractivity contribution < 1.29 is 9.53 Å². The summed E-state index contributed by atoms with van der Waals surface area (Å²) in [4.78, 5) is 11.6. The molecule has 12 heavy (non-hydrogen) atoms. The summed E-state index contributed by atoms with van der Waals surface area (Å²) in [5.74, 6) is 0.705. The number of ketones is 1. The van der Waals surface area contributed by atoms with Crippen LogP contribution in [-0.4, -0.2) is 18.0 Å². The van der Waals surface area contributed by atoms with E-state index in [0.717, 1.165) is 12.8 Å². The zero-order chi connectivity index (χ0) is 8.55. The summed E-state index contributed by atoms with van der Waals surface area (Å²) in [7, 11) is 0. The highest BCUT2D eigenvalue weighted by Gasteiger charge is 2.43. The lowest BCUT2D eigenvalue weighted by Crippen LogP contribution is -2.23.